The Morgan fingerprint density at radius 2 is 1.88 bits per heavy atom. The molecule has 0 saturated carbocycles. The predicted octanol–water partition coefficient (Wildman–Crippen LogP) is 3.91. The van der Waals surface area contributed by atoms with Gasteiger partial charge in [-0.2, -0.15) is 0 Å². The van der Waals surface area contributed by atoms with Crippen molar-refractivity contribution in [1.82, 2.24) is 14.9 Å². The zero-order valence-electron chi connectivity index (χ0n) is 14.0. The summed E-state index contributed by atoms with van der Waals surface area (Å²) in [6, 6.07) is 17.2. The largest absolute Gasteiger partial charge is 0.342 e. The summed E-state index contributed by atoms with van der Waals surface area (Å²) in [6.45, 7) is 0. The van der Waals surface area contributed by atoms with Crippen LogP contribution < -0.4 is 5.32 Å². The Balaban J connectivity index is 1.71. The SMILES string of the molecule is Cn1ccnc1C(NC(=O)CCc1ccc(Cl)cc1)c1ccccc1. The van der Waals surface area contributed by atoms with Crippen LogP contribution in [0.2, 0.25) is 5.02 Å². The minimum absolute atomic E-state index is 0.00759. The van der Waals surface area contributed by atoms with Crippen molar-refractivity contribution in [3.05, 3.63) is 89.0 Å². The average molecular weight is 354 g/mol. The van der Waals surface area contributed by atoms with Gasteiger partial charge in [-0.25, -0.2) is 4.98 Å². The van der Waals surface area contributed by atoms with Gasteiger partial charge in [-0.1, -0.05) is 54.1 Å². The standard InChI is InChI=1S/C20H20ClN3O/c1-24-14-13-22-20(24)19(16-5-3-2-4-6-16)23-18(25)12-9-15-7-10-17(21)11-8-15/h2-8,10-11,13-14,19H,9,12H2,1H3,(H,23,25). The van der Waals surface area contributed by atoms with Gasteiger partial charge in [-0.3, -0.25) is 4.79 Å². The number of nitrogens with one attached hydrogen (secondary N) is 1. The van der Waals surface area contributed by atoms with Crippen molar-refractivity contribution in [2.75, 3.05) is 0 Å². The Morgan fingerprint density at radius 3 is 2.52 bits per heavy atom. The minimum atomic E-state index is -0.265. The molecule has 3 aromatic rings. The summed E-state index contributed by atoms with van der Waals surface area (Å²) in [5, 5.41) is 3.81. The van der Waals surface area contributed by atoms with Crippen LogP contribution in [0.15, 0.2) is 67.0 Å². The Kier molecular flexibility index (Phi) is 5.51. The van der Waals surface area contributed by atoms with E-state index in [1.807, 2.05) is 72.4 Å². The van der Waals surface area contributed by atoms with Crippen LogP contribution in [0, 0.1) is 0 Å². The number of imidazole rings is 1. The van der Waals surface area contributed by atoms with Gasteiger partial charge >= 0.3 is 0 Å². The summed E-state index contributed by atoms with van der Waals surface area (Å²) in [6.07, 6.45) is 4.71. The molecule has 5 heteroatoms. The molecule has 3 rings (SSSR count). The van der Waals surface area contributed by atoms with Gasteiger partial charge in [0.25, 0.3) is 0 Å². The topological polar surface area (TPSA) is 46.9 Å². The first-order valence-electron chi connectivity index (χ1n) is 8.19. The molecule has 0 fully saturated rings. The van der Waals surface area contributed by atoms with E-state index in [1.165, 1.54) is 0 Å². The number of aromatic nitrogens is 2. The fourth-order valence-corrected chi connectivity index (χ4v) is 2.87. The predicted molar refractivity (Wildman–Crippen MR) is 99.4 cm³/mol. The summed E-state index contributed by atoms with van der Waals surface area (Å²) in [5.74, 6) is 0.804. The maximum absolute atomic E-state index is 12.5. The Bertz CT molecular complexity index is 828. The summed E-state index contributed by atoms with van der Waals surface area (Å²) >= 11 is 5.89. The van der Waals surface area contributed by atoms with Crippen molar-refractivity contribution in [1.29, 1.82) is 0 Å². The number of aryl methyl sites for hydroxylation is 2. The van der Waals surface area contributed by atoms with Crippen LogP contribution in [-0.2, 0) is 18.3 Å². The number of carbonyl (C=O) groups excluding carboxylic acids is 1. The van der Waals surface area contributed by atoms with Gasteiger partial charge < -0.3 is 9.88 Å². The first-order chi connectivity index (χ1) is 12.1. The van der Waals surface area contributed by atoms with E-state index in [1.54, 1.807) is 6.20 Å². The summed E-state index contributed by atoms with van der Waals surface area (Å²) in [5.41, 5.74) is 2.10. The van der Waals surface area contributed by atoms with E-state index in [9.17, 15) is 4.79 Å². The number of amides is 1. The highest BCUT2D eigenvalue weighted by Gasteiger charge is 2.20. The number of hydrogen-bond donors (Lipinski definition) is 1. The number of halogens is 1. The van der Waals surface area contributed by atoms with E-state index in [4.69, 9.17) is 11.6 Å². The number of hydrogen-bond acceptors (Lipinski definition) is 2. The lowest BCUT2D eigenvalue weighted by molar-refractivity contribution is -0.121. The molecule has 1 unspecified atom stereocenters. The third-order valence-corrected chi connectivity index (χ3v) is 4.36. The number of rotatable bonds is 6. The first kappa shape index (κ1) is 17.2. The molecule has 0 spiro atoms. The van der Waals surface area contributed by atoms with E-state index >= 15 is 0 Å². The molecule has 0 aliphatic carbocycles. The lowest BCUT2D eigenvalue weighted by atomic mass is 10.1. The molecule has 1 atom stereocenters. The monoisotopic (exact) mass is 353 g/mol. The van der Waals surface area contributed by atoms with Gasteiger partial charge in [0.15, 0.2) is 0 Å². The van der Waals surface area contributed by atoms with Crippen LogP contribution in [0.3, 0.4) is 0 Å². The number of nitrogens with zero attached hydrogens (tertiary/aromatic N) is 2. The second-order valence-electron chi connectivity index (χ2n) is 5.93. The molecule has 25 heavy (non-hydrogen) atoms. The maximum Gasteiger partial charge on any atom is 0.221 e. The van der Waals surface area contributed by atoms with Gasteiger partial charge in [0, 0.05) is 30.9 Å². The molecular formula is C20H20ClN3O. The van der Waals surface area contributed by atoms with Crippen LogP contribution in [0.5, 0.6) is 0 Å². The molecule has 0 radical (unpaired) electrons. The van der Waals surface area contributed by atoms with Crippen molar-refractivity contribution in [2.24, 2.45) is 7.05 Å². The molecule has 1 N–H and O–H groups in total. The Morgan fingerprint density at radius 1 is 1.16 bits per heavy atom. The fraction of sp³-hybridized carbons (Fsp3) is 0.200. The number of benzene rings is 2. The smallest absolute Gasteiger partial charge is 0.221 e. The second-order valence-corrected chi connectivity index (χ2v) is 6.37. The highest BCUT2D eigenvalue weighted by Crippen LogP contribution is 2.20. The van der Waals surface area contributed by atoms with Crippen molar-refractivity contribution in [3.8, 4) is 0 Å². The van der Waals surface area contributed by atoms with E-state index in [0.717, 1.165) is 17.0 Å². The first-order valence-corrected chi connectivity index (χ1v) is 8.57. The normalized spacial score (nSPS) is 11.9. The van der Waals surface area contributed by atoms with E-state index in [0.29, 0.717) is 17.9 Å². The van der Waals surface area contributed by atoms with Crippen molar-refractivity contribution in [3.63, 3.8) is 0 Å². The third kappa shape index (κ3) is 4.48. The molecule has 4 nitrogen and oxygen atoms in total. The molecule has 128 valence electrons. The third-order valence-electron chi connectivity index (χ3n) is 4.11. The van der Waals surface area contributed by atoms with E-state index in [-0.39, 0.29) is 11.9 Å². The lowest BCUT2D eigenvalue weighted by Gasteiger charge is -2.19. The van der Waals surface area contributed by atoms with Crippen LogP contribution in [-0.4, -0.2) is 15.5 Å². The molecule has 2 aromatic carbocycles. The Labute approximate surface area is 152 Å². The lowest BCUT2D eigenvalue weighted by Crippen LogP contribution is -2.31. The van der Waals surface area contributed by atoms with Crippen LogP contribution >= 0.6 is 11.6 Å². The molecular weight excluding hydrogens is 334 g/mol. The quantitative estimate of drug-likeness (QED) is 0.730. The van der Waals surface area contributed by atoms with Crippen molar-refractivity contribution in [2.45, 2.75) is 18.9 Å². The highest BCUT2D eigenvalue weighted by molar-refractivity contribution is 6.30. The van der Waals surface area contributed by atoms with E-state index in [2.05, 4.69) is 10.3 Å². The van der Waals surface area contributed by atoms with Crippen LogP contribution in [0.1, 0.15) is 29.4 Å². The highest BCUT2D eigenvalue weighted by atomic mass is 35.5. The van der Waals surface area contributed by atoms with Crippen molar-refractivity contribution >= 4 is 17.5 Å². The van der Waals surface area contributed by atoms with Gasteiger partial charge in [0.2, 0.25) is 5.91 Å². The molecule has 1 heterocycles. The number of carbonyl (C=O) groups is 1. The summed E-state index contributed by atoms with van der Waals surface area (Å²) in [4.78, 5) is 16.9. The summed E-state index contributed by atoms with van der Waals surface area (Å²) in [7, 11) is 1.93. The van der Waals surface area contributed by atoms with Gasteiger partial charge in [-0.15, -0.1) is 0 Å². The summed E-state index contributed by atoms with van der Waals surface area (Å²) < 4.78 is 1.93. The van der Waals surface area contributed by atoms with Gasteiger partial charge in [0.1, 0.15) is 11.9 Å². The maximum atomic E-state index is 12.5. The fourth-order valence-electron chi connectivity index (χ4n) is 2.74. The van der Waals surface area contributed by atoms with Crippen LogP contribution in [0.25, 0.3) is 0 Å². The molecule has 0 bridgehead atoms. The Hall–Kier alpha value is -2.59. The molecule has 0 aliphatic rings. The minimum Gasteiger partial charge on any atom is -0.342 e. The molecule has 1 amide bonds. The van der Waals surface area contributed by atoms with Gasteiger partial charge in [0.05, 0.1) is 0 Å². The molecule has 1 aromatic heterocycles. The second kappa shape index (κ2) is 7.99. The zero-order chi connectivity index (χ0) is 17.6. The molecule has 0 aliphatic heterocycles. The molecule has 0 saturated heterocycles. The van der Waals surface area contributed by atoms with Crippen molar-refractivity contribution < 1.29 is 4.79 Å². The zero-order valence-corrected chi connectivity index (χ0v) is 14.8. The van der Waals surface area contributed by atoms with Gasteiger partial charge in [-0.05, 0) is 29.7 Å². The average Bonchev–Trinajstić information content (AvgIpc) is 3.06. The van der Waals surface area contributed by atoms with Crippen LogP contribution in [0.4, 0.5) is 0 Å². The van der Waals surface area contributed by atoms with E-state index < -0.39 is 0 Å².